The van der Waals surface area contributed by atoms with E-state index in [1.807, 2.05) is 0 Å². The van der Waals surface area contributed by atoms with Gasteiger partial charge in [0.2, 0.25) is 0 Å². The van der Waals surface area contributed by atoms with Gasteiger partial charge in [0, 0.05) is 17.8 Å². The van der Waals surface area contributed by atoms with Crippen molar-refractivity contribution in [3.8, 4) is 11.5 Å². The monoisotopic (exact) mass is 271 g/mol. The van der Waals surface area contributed by atoms with Crippen LogP contribution in [0.15, 0.2) is 47.5 Å². The van der Waals surface area contributed by atoms with Crippen molar-refractivity contribution in [1.82, 2.24) is 0 Å². The Morgan fingerprint density at radius 3 is 2.45 bits per heavy atom. The number of benzene rings is 2. The summed E-state index contributed by atoms with van der Waals surface area (Å²) < 4.78 is 4.60. The minimum Gasteiger partial charge on any atom is -0.508 e. The summed E-state index contributed by atoms with van der Waals surface area (Å²) >= 11 is 0. The highest BCUT2D eigenvalue weighted by atomic mass is 16.5. The maximum atomic E-state index is 11.3. The molecule has 2 aromatic rings. The number of carbonyl (C=O) groups excluding carboxylic acids is 1. The van der Waals surface area contributed by atoms with Crippen LogP contribution in [-0.4, -0.2) is 29.5 Å². The van der Waals surface area contributed by atoms with Crippen molar-refractivity contribution in [2.45, 2.75) is 0 Å². The second-order valence-corrected chi connectivity index (χ2v) is 4.04. The Morgan fingerprint density at radius 1 is 1.15 bits per heavy atom. The molecule has 2 aromatic carbocycles. The molecule has 0 spiro atoms. The van der Waals surface area contributed by atoms with Gasteiger partial charge >= 0.3 is 5.97 Å². The van der Waals surface area contributed by atoms with Crippen LogP contribution in [0.3, 0.4) is 0 Å². The molecule has 2 N–H and O–H groups in total. The minimum absolute atomic E-state index is 0.0120. The van der Waals surface area contributed by atoms with Gasteiger partial charge in [-0.3, -0.25) is 4.99 Å². The first-order chi connectivity index (χ1) is 9.60. The zero-order chi connectivity index (χ0) is 14.5. The van der Waals surface area contributed by atoms with Crippen molar-refractivity contribution >= 4 is 17.9 Å². The lowest BCUT2D eigenvalue weighted by atomic mass is 10.2. The molecule has 5 nitrogen and oxygen atoms in total. The molecule has 0 saturated heterocycles. The fraction of sp³-hybridized carbons (Fsp3) is 0.0667. The van der Waals surface area contributed by atoms with Crippen LogP contribution >= 0.6 is 0 Å². The molecule has 0 aliphatic heterocycles. The number of esters is 1. The number of phenolic OH excluding ortho intramolecular Hbond substituents is 2. The molecule has 0 aromatic heterocycles. The van der Waals surface area contributed by atoms with Crippen molar-refractivity contribution in [1.29, 1.82) is 0 Å². The molecule has 0 aliphatic rings. The maximum absolute atomic E-state index is 11.3. The van der Waals surface area contributed by atoms with Gasteiger partial charge in [0.25, 0.3) is 0 Å². The summed E-state index contributed by atoms with van der Waals surface area (Å²) in [6, 6.07) is 10.8. The fourth-order valence-corrected chi connectivity index (χ4v) is 1.59. The van der Waals surface area contributed by atoms with Crippen molar-refractivity contribution in [3.05, 3.63) is 53.6 Å². The molecule has 0 bridgehead atoms. The quantitative estimate of drug-likeness (QED) is 0.664. The number of hydrogen-bond acceptors (Lipinski definition) is 5. The first-order valence-electron chi connectivity index (χ1n) is 5.84. The summed E-state index contributed by atoms with van der Waals surface area (Å²) in [4.78, 5) is 15.4. The van der Waals surface area contributed by atoms with Gasteiger partial charge in [-0.05, 0) is 36.4 Å². The first kappa shape index (κ1) is 13.6. The van der Waals surface area contributed by atoms with Gasteiger partial charge in [0.1, 0.15) is 11.5 Å². The van der Waals surface area contributed by atoms with Crippen molar-refractivity contribution in [2.75, 3.05) is 7.11 Å². The van der Waals surface area contributed by atoms with E-state index in [1.54, 1.807) is 30.3 Å². The summed E-state index contributed by atoms with van der Waals surface area (Å²) in [7, 11) is 1.32. The van der Waals surface area contributed by atoms with Crippen LogP contribution in [0.4, 0.5) is 5.69 Å². The van der Waals surface area contributed by atoms with Crippen LogP contribution in [0, 0.1) is 0 Å². The number of nitrogens with zero attached hydrogens (tertiary/aromatic N) is 1. The lowest BCUT2D eigenvalue weighted by molar-refractivity contribution is 0.0601. The molecule has 2 rings (SSSR count). The summed E-state index contributed by atoms with van der Waals surface area (Å²) in [6.07, 6.45) is 1.47. The van der Waals surface area contributed by atoms with E-state index >= 15 is 0 Å². The highest BCUT2D eigenvalue weighted by molar-refractivity contribution is 5.90. The van der Waals surface area contributed by atoms with Gasteiger partial charge in [0.15, 0.2) is 0 Å². The lowest BCUT2D eigenvalue weighted by Crippen LogP contribution is -1.99. The smallest absolute Gasteiger partial charge is 0.337 e. The van der Waals surface area contributed by atoms with Gasteiger partial charge in [-0.2, -0.15) is 0 Å². The highest BCUT2D eigenvalue weighted by Crippen LogP contribution is 2.22. The molecule has 0 atom stereocenters. The average molecular weight is 271 g/mol. The number of rotatable bonds is 3. The Hall–Kier alpha value is -2.82. The van der Waals surface area contributed by atoms with Crippen molar-refractivity contribution in [2.24, 2.45) is 4.99 Å². The topological polar surface area (TPSA) is 79.1 Å². The maximum Gasteiger partial charge on any atom is 0.337 e. The minimum atomic E-state index is -0.406. The Morgan fingerprint density at radius 2 is 1.85 bits per heavy atom. The van der Waals surface area contributed by atoms with Gasteiger partial charge in [-0.1, -0.05) is 0 Å². The van der Waals surface area contributed by atoms with Crippen LogP contribution in [0.1, 0.15) is 15.9 Å². The molecule has 0 radical (unpaired) electrons. The predicted octanol–water partition coefficient (Wildman–Crippen LogP) is 2.64. The van der Waals surface area contributed by atoms with Gasteiger partial charge in [-0.15, -0.1) is 0 Å². The normalized spacial score (nSPS) is 10.7. The number of aliphatic imine (C=N–C) groups is 1. The van der Waals surface area contributed by atoms with E-state index in [0.717, 1.165) is 0 Å². The van der Waals surface area contributed by atoms with Crippen LogP contribution in [0.25, 0.3) is 0 Å². The van der Waals surface area contributed by atoms with E-state index in [1.165, 1.54) is 25.5 Å². The Balaban J connectivity index is 2.17. The van der Waals surface area contributed by atoms with Crippen LogP contribution in [-0.2, 0) is 4.74 Å². The molecule has 0 saturated carbocycles. The molecule has 0 amide bonds. The molecular weight excluding hydrogens is 258 g/mol. The third kappa shape index (κ3) is 3.14. The van der Waals surface area contributed by atoms with E-state index < -0.39 is 5.97 Å². The Labute approximate surface area is 115 Å². The van der Waals surface area contributed by atoms with Gasteiger partial charge < -0.3 is 14.9 Å². The van der Waals surface area contributed by atoms with Crippen molar-refractivity contribution in [3.63, 3.8) is 0 Å². The molecule has 0 unspecified atom stereocenters. The Kier molecular flexibility index (Phi) is 4.00. The number of carbonyl (C=O) groups is 1. The van der Waals surface area contributed by atoms with E-state index in [9.17, 15) is 15.0 Å². The molecule has 5 heteroatoms. The summed E-state index contributed by atoms with van der Waals surface area (Å²) in [5.74, 6) is -0.473. The standard InChI is InChI=1S/C15H13NO4/c1-20-15(19)10-2-5-12(6-3-10)16-9-11-4-7-13(17)8-14(11)18/h2-9,17-18H,1H3. The van der Waals surface area contributed by atoms with E-state index in [2.05, 4.69) is 9.73 Å². The van der Waals surface area contributed by atoms with Gasteiger partial charge in [-0.25, -0.2) is 4.79 Å². The second-order valence-electron chi connectivity index (χ2n) is 4.04. The predicted molar refractivity (Wildman–Crippen MR) is 74.8 cm³/mol. The molecule has 102 valence electrons. The Bertz CT molecular complexity index is 647. The van der Waals surface area contributed by atoms with Crippen LogP contribution in [0.5, 0.6) is 11.5 Å². The fourth-order valence-electron chi connectivity index (χ4n) is 1.59. The third-order valence-corrected chi connectivity index (χ3v) is 2.66. The van der Waals surface area contributed by atoms with E-state index in [4.69, 9.17) is 0 Å². The second kappa shape index (κ2) is 5.88. The van der Waals surface area contributed by atoms with Crippen molar-refractivity contribution < 1.29 is 19.7 Å². The molecule has 20 heavy (non-hydrogen) atoms. The lowest BCUT2D eigenvalue weighted by Gasteiger charge is -2.00. The van der Waals surface area contributed by atoms with Crippen LogP contribution in [0.2, 0.25) is 0 Å². The number of ether oxygens (including phenoxy) is 1. The SMILES string of the molecule is COC(=O)c1ccc(N=Cc2ccc(O)cc2O)cc1. The van der Waals surface area contributed by atoms with Crippen LogP contribution < -0.4 is 0 Å². The number of hydrogen-bond donors (Lipinski definition) is 2. The van der Waals surface area contributed by atoms with E-state index in [0.29, 0.717) is 16.8 Å². The molecule has 0 heterocycles. The molecular formula is C15H13NO4. The summed E-state index contributed by atoms with van der Waals surface area (Å²) in [5.41, 5.74) is 1.56. The number of phenols is 2. The van der Waals surface area contributed by atoms with Gasteiger partial charge in [0.05, 0.1) is 18.4 Å². The largest absolute Gasteiger partial charge is 0.508 e. The molecule has 0 aliphatic carbocycles. The third-order valence-electron chi connectivity index (χ3n) is 2.66. The average Bonchev–Trinajstić information content (AvgIpc) is 2.46. The molecule has 0 fully saturated rings. The first-order valence-corrected chi connectivity index (χ1v) is 5.84. The van der Waals surface area contributed by atoms with E-state index in [-0.39, 0.29) is 11.5 Å². The summed E-state index contributed by atoms with van der Waals surface area (Å²) in [6.45, 7) is 0. The zero-order valence-corrected chi connectivity index (χ0v) is 10.8. The highest BCUT2D eigenvalue weighted by Gasteiger charge is 2.04. The number of aromatic hydroxyl groups is 2. The zero-order valence-electron chi connectivity index (χ0n) is 10.8. The number of methoxy groups -OCH3 is 1. The summed E-state index contributed by atoms with van der Waals surface area (Å²) in [5, 5.41) is 18.8.